The second-order valence-corrected chi connectivity index (χ2v) is 7.70. The summed E-state index contributed by atoms with van der Waals surface area (Å²) in [5.74, 6) is -2.89. The second kappa shape index (κ2) is 15.3. The molecule has 4 unspecified atom stereocenters. The molecule has 11 N–H and O–H groups in total. The van der Waals surface area contributed by atoms with Gasteiger partial charge in [-0.05, 0) is 38.2 Å². The Morgan fingerprint density at radius 3 is 2.13 bits per heavy atom. The summed E-state index contributed by atoms with van der Waals surface area (Å²) < 4.78 is 0. The molecule has 31 heavy (non-hydrogen) atoms. The number of nitrogens with zero attached hydrogens (tertiary/aromatic N) is 1. The molecule has 0 heterocycles. The fourth-order valence-electron chi connectivity index (χ4n) is 2.30. The van der Waals surface area contributed by atoms with Crippen LogP contribution in [0.25, 0.3) is 0 Å². The van der Waals surface area contributed by atoms with Crippen LogP contribution in [0.15, 0.2) is 4.99 Å². The van der Waals surface area contributed by atoms with Gasteiger partial charge in [0.05, 0.1) is 6.61 Å². The first kappa shape index (κ1) is 28.4. The SMILES string of the molecule is CSCCC(NC(=O)C(CCCN=C(N)N)NC(=O)C(C)NC(=O)C(N)CO)C(=O)O. The van der Waals surface area contributed by atoms with Crippen molar-refractivity contribution in [3.8, 4) is 0 Å². The number of carboxylic acid groups (broad SMARTS) is 1. The molecule has 4 atom stereocenters. The number of rotatable bonds is 15. The van der Waals surface area contributed by atoms with Crippen LogP contribution in [0.1, 0.15) is 26.2 Å². The molecule has 0 aromatic rings. The number of aliphatic hydroxyl groups is 1. The number of guanidine groups is 1. The minimum atomic E-state index is -1.19. The van der Waals surface area contributed by atoms with Gasteiger partial charge in [-0.15, -0.1) is 0 Å². The Morgan fingerprint density at radius 2 is 1.61 bits per heavy atom. The Morgan fingerprint density at radius 1 is 1.00 bits per heavy atom. The van der Waals surface area contributed by atoms with Gasteiger partial charge in [0.15, 0.2) is 5.96 Å². The van der Waals surface area contributed by atoms with E-state index in [-0.39, 0.29) is 25.3 Å². The van der Waals surface area contributed by atoms with E-state index >= 15 is 0 Å². The zero-order valence-corrected chi connectivity index (χ0v) is 18.5. The molecule has 0 radical (unpaired) electrons. The van der Waals surface area contributed by atoms with Crippen molar-refractivity contribution in [3.05, 3.63) is 0 Å². The number of nitrogens with one attached hydrogen (secondary N) is 3. The van der Waals surface area contributed by atoms with Crippen LogP contribution in [0.4, 0.5) is 0 Å². The molecule has 3 amide bonds. The molecule has 178 valence electrons. The van der Waals surface area contributed by atoms with Crippen LogP contribution in [0.3, 0.4) is 0 Å². The fraction of sp³-hybridized carbons (Fsp3) is 0.706. The molecule has 0 fully saturated rings. The Kier molecular flexibility index (Phi) is 14.0. The standard InChI is InChI=1S/C17H33N7O6S/c1-9(22-14(27)10(18)8-25)13(26)23-11(4-3-6-21-17(19)20)15(28)24-12(16(29)30)5-7-31-2/h9-12,25H,3-8,18H2,1-2H3,(H,22,27)(H,23,26)(H,24,28)(H,29,30)(H4,19,20,21). The summed E-state index contributed by atoms with van der Waals surface area (Å²) in [6.45, 7) is 0.987. The van der Waals surface area contributed by atoms with Crippen LogP contribution < -0.4 is 33.2 Å². The second-order valence-electron chi connectivity index (χ2n) is 6.71. The number of carboxylic acids is 1. The van der Waals surface area contributed by atoms with E-state index in [0.717, 1.165) is 0 Å². The van der Waals surface area contributed by atoms with Gasteiger partial charge >= 0.3 is 5.97 Å². The van der Waals surface area contributed by atoms with E-state index in [4.69, 9.17) is 22.3 Å². The topological polar surface area (TPSA) is 235 Å². The quantitative estimate of drug-likeness (QED) is 0.0683. The number of hydrogen-bond donors (Lipinski definition) is 8. The number of aliphatic hydroxyl groups excluding tert-OH is 1. The number of aliphatic carboxylic acids is 1. The van der Waals surface area contributed by atoms with Crippen LogP contribution >= 0.6 is 11.8 Å². The highest BCUT2D eigenvalue weighted by Gasteiger charge is 2.28. The van der Waals surface area contributed by atoms with Crippen molar-refractivity contribution < 1.29 is 29.4 Å². The van der Waals surface area contributed by atoms with E-state index in [0.29, 0.717) is 12.2 Å². The average molecular weight is 464 g/mol. The zero-order valence-electron chi connectivity index (χ0n) is 17.7. The molecule has 0 saturated carbocycles. The number of carbonyl (C=O) groups excluding carboxylic acids is 3. The molecule has 0 aromatic carbocycles. The molecule has 13 nitrogen and oxygen atoms in total. The summed E-state index contributed by atoms with van der Waals surface area (Å²) in [7, 11) is 0. The molecular formula is C17H33N7O6S. The van der Waals surface area contributed by atoms with Crippen molar-refractivity contribution in [2.24, 2.45) is 22.2 Å². The van der Waals surface area contributed by atoms with Gasteiger partial charge in [0.1, 0.15) is 24.2 Å². The molecule has 0 spiro atoms. The number of thioether (sulfide) groups is 1. The summed E-state index contributed by atoms with van der Waals surface area (Å²) in [5.41, 5.74) is 15.9. The van der Waals surface area contributed by atoms with Gasteiger partial charge in [-0.25, -0.2) is 4.79 Å². The van der Waals surface area contributed by atoms with Crippen molar-refractivity contribution in [1.29, 1.82) is 0 Å². The third kappa shape index (κ3) is 12.0. The lowest BCUT2D eigenvalue weighted by Gasteiger charge is -2.23. The van der Waals surface area contributed by atoms with E-state index in [1.54, 1.807) is 0 Å². The lowest BCUT2D eigenvalue weighted by Crippen LogP contribution is -2.56. The number of nitrogens with two attached hydrogens (primary N) is 3. The van der Waals surface area contributed by atoms with Crippen molar-refractivity contribution in [2.75, 3.05) is 25.2 Å². The van der Waals surface area contributed by atoms with Crippen LogP contribution in [-0.2, 0) is 19.2 Å². The lowest BCUT2D eigenvalue weighted by molar-refractivity contribution is -0.142. The van der Waals surface area contributed by atoms with Crippen LogP contribution in [0.2, 0.25) is 0 Å². The van der Waals surface area contributed by atoms with Gasteiger partial charge in [-0.3, -0.25) is 19.4 Å². The van der Waals surface area contributed by atoms with Crippen LogP contribution in [-0.4, -0.2) is 89.2 Å². The Labute approximate surface area is 185 Å². The molecule has 0 aromatic heterocycles. The van der Waals surface area contributed by atoms with Crippen molar-refractivity contribution in [2.45, 2.75) is 50.4 Å². The van der Waals surface area contributed by atoms with E-state index < -0.39 is 54.5 Å². The third-order valence-corrected chi connectivity index (χ3v) is 4.73. The maximum Gasteiger partial charge on any atom is 0.326 e. The van der Waals surface area contributed by atoms with Crippen LogP contribution in [0.5, 0.6) is 0 Å². The highest BCUT2D eigenvalue weighted by molar-refractivity contribution is 7.98. The largest absolute Gasteiger partial charge is 0.480 e. The summed E-state index contributed by atoms with van der Waals surface area (Å²) in [4.78, 5) is 52.1. The van der Waals surface area contributed by atoms with Crippen LogP contribution in [0, 0.1) is 0 Å². The Balaban J connectivity index is 5.18. The van der Waals surface area contributed by atoms with Gasteiger partial charge in [-0.1, -0.05) is 0 Å². The molecule has 0 aliphatic heterocycles. The van der Waals surface area contributed by atoms with E-state index in [9.17, 15) is 24.3 Å². The number of carbonyl (C=O) groups is 4. The first-order valence-corrected chi connectivity index (χ1v) is 11.0. The first-order valence-electron chi connectivity index (χ1n) is 9.58. The average Bonchev–Trinajstić information content (AvgIpc) is 2.71. The normalized spacial score (nSPS) is 14.5. The van der Waals surface area contributed by atoms with Crippen molar-refractivity contribution in [1.82, 2.24) is 16.0 Å². The smallest absolute Gasteiger partial charge is 0.326 e. The van der Waals surface area contributed by atoms with Gasteiger partial charge in [0, 0.05) is 6.54 Å². The minimum absolute atomic E-state index is 0.121. The summed E-state index contributed by atoms with van der Waals surface area (Å²) in [5, 5.41) is 25.5. The minimum Gasteiger partial charge on any atom is -0.480 e. The first-order chi connectivity index (χ1) is 14.5. The molecule has 0 aliphatic carbocycles. The molecule has 0 aliphatic rings. The number of aliphatic imine (C=N–C) groups is 1. The number of amides is 3. The van der Waals surface area contributed by atoms with Crippen molar-refractivity contribution in [3.63, 3.8) is 0 Å². The van der Waals surface area contributed by atoms with Gasteiger partial charge in [0.2, 0.25) is 17.7 Å². The highest BCUT2D eigenvalue weighted by atomic mass is 32.2. The van der Waals surface area contributed by atoms with E-state index in [2.05, 4.69) is 20.9 Å². The number of hydrogen-bond acceptors (Lipinski definition) is 8. The monoisotopic (exact) mass is 463 g/mol. The summed E-state index contributed by atoms with van der Waals surface area (Å²) in [6.07, 6.45) is 2.48. The Hall–Kier alpha value is -2.58. The van der Waals surface area contributed by atoms with Gasteiger partial charge in [0.25, 0.3) is 0 Å². The fourth-order valence-corrected chi connectivity index (χ4v) is 2.77. The predicted octanol–water partition coefficient (Wildman–Crippen LogP) is -3.33. The van der Waals surface area contributed by atoms with Crippen molar-refractivity contribution >= 4 is 41.4 Å². The maximum atomic E-state index is 12.7. The molecular weight excluding hydrogens is 430 g/mol. The summed E-state index contributed by atoms with van der Waals surface area (Å²) >= 11 is 1.44. The van der Waals surface area contributed by atoms with Gasteiger partial charge in [-0.2, -0.15) is 11.8 Å². The lowest BCUT2D eigenvalue weighted by atomic mass is 10.1. The predicted molar refractivity (Wildman–Crippen MR) is 117 cm³/mol. The maximum absolute atomic E-state index is 12.7. The third-order valence-electron chi connectivity index (χ3n) is 4.09. The molecule has 0 bridgehead atoms. The Bertz CT molecular complexity index is 644. The van der Waals surface area contributed by atoms with E-state index in [1.165, 1.54) is 18.7 Å². The van der Waals surface area contributed by atoms with Gasteiger partial charge < -0.3 is 43.4 Å². The van der Waals surface area contributed by atoms with E-state index in [1.807, 2.05) is 6.26 Å². The summed E-state index contributed by atoms with van der Waals surface area (Å²) in [6, 6.07) is -4.44. The zero-order chi connectivity index (χ0) is 24.0. The molecule has 0 rings (SSSR count). The highest BCUT2D eigenvalue weighted by Crippen LogP contribution is 2.05. The molecule has 0 saturated heterocycles. The molecule has 14 heteroatoms.